The van der Waals surface area contributed by atoms with Crippen LogP contribution < -0.4 is 10.0 Å². The molecule has 0 saturated heterocycles. The molecule has 3 aromatic rings. The van der Waals surface area contributed by atoms with Gasteiger partial charge in [0.15, 0.2) is 0 Å². The van der Waals surface area contributed by atoms with Crippen LogP contribution in [-0.2, 0) is 22.0 Å². The standard InChI is InChI=1S/C23H24N4O5S/c1-23(2,3)18-10-12-19(13-11-18)33(31,32)25-15-16-6-8-17(9-7-16)22(28)26-20-5-4-14-24-21(20)27(29)30/h4-14,25H,15H2,1-3H3,(H,26,28). The first-order valence-corrected chi connectivity index (χ1v) is 11.6. The highest BCUT2D eigenvalue weighted by Gasteiger charge is 2.19. The van der Waals surface area contributed by atoms with Gasteiger partial charge in [0.1, 0.15) is 11.9 Å². The molecule has 0 fully saturated rings. The number of pyridine rings is 1. The van der Waals surface area contributed by atoms with E-state index in [2.05, 4.69) is 35.8 Å². The van der Waals surface area contributed by atoms with Crippen molar-refractivity contribution in [3.8, 4) is 0 Å². The van der Waals surface area contributed by atoms with Crippen LogP contribution in [0.15, 0.2) is 71.8 Å². The summed E-state index contributed by atoms with van der Waals surface area (Å²) in [6, 6.07) is 15.9. The summed E-state index contributed by atoms with van der Waals surface area (Å²) in [6.07, 6.45) is 1.27. The Hall–Kier alpha value is -3.63. The number of hydrogen-bond acceptors (Lipinski definition) is 6. The molecule has 172 valence electrons. The van der Waals surface area contributed by atoms with E-state index in [4.69, 9.17) is 0 Å². The normalized spacial score (nSPS) is 11.7. The second kappa shape index (κ2) is 9.47. The number of nitrogens with one attached hydrogen (secondary N) is 2. The minimum atomic E-state index is -3.70. The molecule has 0 spiro atoms. The molecule has 2 N–H and O–H groups in total. The number of hydrogen-bond donors (Lipinski definition) is 2. The monoisotopic (exact) mass is 468 g/mol. The number of anilines is 1. The van der Waals surface area contributed by atoms with Crippen LogP contribution in [0.1, 0.15) is 42.3 Å². The summed E-state index contributed by atoms with van der Waals surface area (Å²) < 4.78 is 27.7. The van der Waals surface area contributed by atoms with E-state index in [1.165, 1.54) is 30.5 Å². The van der Waals surface area contributed by atoms with Gasteiger partial charge in [-0.3, -0.25) is 4.79 Å². The molecule has 1 amide bonds. The number of sulfonamides is 1. The van der Waals surface area contributed by atoms with Crippen LogP contribution >= 0.6 is 0 Å². The van der Waals surface area contributed by atoms with E-state index in [9.17, 15) is 23.3 Å². The molecule has 3 rings (SSSR count). The maximum absolute atomic E-state index is 12.6. The Morgan fingerprint density at radius 3 is 2.24 bits per heavy atom. The molecule has 0 atom stereocenters. The number of amides is 1. The highest BCUT2D eigenvalue weighted by molar-refractivity contribution is 7.89. The third-order valence-electron chi connectivity index (χ3n) is 4.92. The van der Waals surface area contributed by atoms with Crippen molar-refractivity contribution >= 4 is 27.4 Å². The molecule has 1 aromatic heterocycles. The minimum absolute atomic E-state index is 0.0122. The van der Waals surface area contributed by atoms with Crippen LogP contribution in [0, 0.1) is 10.1 Å². The largest absolute Gasteiger partial charge is 0.387 e. The summed E-state index contributed by atoms with van der Waals surface area (Å²) in [7, 11) is -3.70. The second-order valence-electron chi connectivity index (χ2n) is 8.38. The summed E-state index contributed by atoms with van der Waals surface area (Å²) in [5.74, 6) is -0.996. The molecule has 33 heavy (non-hydrogen) atoms. The van der Waals surface area contributed by atoms with Crippen LogP contribution in [0.4, 0.5) is 11.5 Å². The van der Waals surface area contributed by atoms with E-state index >= 15 is 0 Å². The molecular weight excluding hydrogens is 444 g/mol. The van der Waals surface area contributed by atoms with E-state index in [0.29, 0.717) is 5.56 Å². The Kier molecular flexibility index (Phi) is 6.89. The number of nitrogens with zero attached hydrogens (tertiary/aromatic N) is 2. The average molecular weight is 469 g/mol. The lowest BCUT2D eigenvalue weighted by Crippen LogP contribution is -2.23. The van der Waals surface area contributed by atoms with Crippen molar-refractivity contribution in [3.63, 3.8) is 0 Å². The molecule has 9 nitrogen and oxygen atoms in total. The quantitative estimate of drug-likeness (QED) is 0.398. The van der Waals surface area contributed by atoms with Gasteiger partial charge in [-0.05, 0) is 62.8 Å². The summed E-state index contributed by atoms with van der Waals surface area (Å²) >= 11 is 0. The lowest BCUT2D eigenvalue weighted by atomic mass is 9.87. The van der Waals surface area contributed by atoms with Gasteiger partial charge in [0.25, 0.3) is 5.91 Å². The van der Waals surface area contributed by atoms with Crippen molar-refractivity contribution < 1.29 is 18.1 Å². The van der Waals surface area contributed by atoms with Crippen LogP contribution in [0.5, 0.6) is 0 Å². The number of carbonyl (C=O) groups is 1. The molecule has 0 aliphatic carbocycles. The first-order valence-electron chi connectivity index (χ1n) is 10.1. The van der Waals surface area contributed by atoms with Gasteiger partial charge in [-0.1, -0.05) is 45.0 Å². The van der Waals surface area contributed by atoms with Gasteiger partial charge in [0.2, 0.25) is 10.0 Å². The molecule has 10 heteroatoms. The van der Waals surface area contributed by atoms with Crippen molar-refractivity contribution in [3.05, 3.63) is 93.7 Å². The van der Waals surface area contributed by atoms with Crippen LogP contribution in [0.25, 0.3) is 0 Å². The SMILES string of the molecule is CC(C)(C)c1ccc(S(=O)(=O)NCc2ccc(C(=O)Nc3cccnc3[N+](=O)[O-])cc2)cc1. The van der Waals surface area contributed by atoms with Gasteiger partial charge in [-0.2, -0.15) is 0 Å². The van der Waals surface area contributed by atoms with Crippen LogP contribution in [-0.4, -0.2) is 24.2 Å². The Bertz CT molecular complexity index is 1270. The summed E-state index contributed by atoms with van der Waals surface area (Å²) in [5.41, 5.74) is 1.85. The molecule has 0 saturated carbocycles. The van der Waals surface area contributed by atoms with Gasteiger partial charge < -0.3 is 15.4 Å². The second-order valence-corrected chi connectivity index (χ2v) is 10.1. The minimum Gasteiger partial charge on any atom is -0.358 e. The number of aromatic nitrogens is 1. The topological polar surface area (TPSA) is 131 Å². The van der Waals surface area contributed by atoms with Gasteiger partial charge in [-0.15, -0.1) is 0 Å². The van der Waals surface area contributed by atoms with Gasteiger partial charge >= 0.3 is 5.82 Å². The van der Waals surface area contributed by atoms with E-state index in [0.717, 1.165) is 5.56 Å². The van der Waals surface area contributed by atoms with Crippen LogP contribution in [0.3, 0.4) is 0 Å². The smallest absolute Gasteiger partial charge is 0.358 e. The molecule has 0 radical (unpaired) electrons. The Balaban J connectivity index is 1.65. The fourth-order valence-electron chi connectivity index (χ4n) is 3.00. The summed E-state index contributed by atoms with van der Waals surface area (Å²) in [6.45, 7) is 6.20. The van der Waals surface area contributed by atoms with Crippen LogP contribution in [0.2, 0.25) is 0 Å². The molecule has 0 aliphatic rings. The molecule has 0 bridgehead atoms. The summed E-state index contributed by atoms with van der Waals surface area (Å²) in [4.78, 5) is 26.6. The fraction of sp³-hybridized carbons (Fsp3) is 0.217. The molecule has 2 aromatic carbocycles. The number of carbonyl (C=O) groups excluding carboxylic acids is 1. The first kappa shape index (κ1) is 24.0. The molecule has 0 aliphatic heterocycles. The van der Waals surface area contributed by atoms with Crippen molar-refractivity contribution in [2.45, 2.75) is 37.6 Å². The van der Waals surface area contributed by atoms with Crippen molar-refractivity contribution in [2.75, 3.05) is 5.32 Å². The number of nitro groups is 1. The highest BCUT2D eigenvalue weighted by atomic mass is 32.2. The van der Waals surface area contributed by atoms with E-state index in [1.54, 1.807) is 36.4 Å². The fourth-order valence-corrected chi connectivity index (χ4v) is 4.02. The van der Waals surface area contributed by atoms with Gasteiger partial charge in [0, 0.05) is 12.1 Å². The zero-order valence-corrected chi connectivity index (χ0v) is 19.2. The maximum Gasteiger partial charge on any atom is 0.387 e. The lowest BCUT2D eigenvalue weighted by molar-refractivity contribution is -0.388. The van der Waals surface area contributed by atoms with Gasteiger partial charge in [0.05, 0.1) is 4.90 Å². The van der Waals surface area contributed by atoms with E-state index < -0.39 is 26.7 Å². The first-order chi connectivity index (χ1) is 15.5. The highest BCUT2D eigenvalue weighted by Crippen LogP contribution is 2.24. The Morgan fingerprint density at radius 1 is 1.03 bits per heavy atom. The molecule has 1 heterocycles. The van der Waals surface area contributed by atoms with Gasteiger partial charge in [-0.25, -0.2) is 13.1 Å². The number of rotatable bonds is 7. The predicted octanol–water partition coefficient (Wildman–Crippen LogP) is 4.02. The van der Waals surface area contributed by atoms with Crippen molar-refractivity contribution in [1.82, 2.24) is 9.71 Å². The maximum atomic E-state index is 12.6. The zero-order valence-electron chi connectivity index (χ0n) is 18.4. The van der Waals surface area contributed by atoms with E-state index in [1.807, 2.05) is 0 Å². The third kappa shape index (κ3) is 5.99. The van der Waals surface area contributed by atoms with Crippen molar-refractivity contribution in [1.29, 1.82) is 0 Å². The summed E-state index contributed by atoms with van der Waals surface area (Å²) in [5, 5.41) is 13.5. The molecular formula is C23H24N4O5S. The Morgan fingerprint density at radius 2 is 1.67 bits per heavy atom. The Labute approximate surface area is 192 Å². The average Bonchev–Trinajstić information content (AvgIpc) is 2.78. The number of benzene rings is 2. The zero-order chi connectivity index (χ0) is 24.2. The third-order valence-corrected chi connectivity index (χ3v) is 6.34. The lowest BCUT2D eigenvalue weighted by Gasteiger charge is -2.19. The van der Waals surface area contributed by atoms with E-state index in [-0.39, 0.29) is 28.1 Å². The van der Waals surface area contributed by atoms with Crippen molar-refractivity contribution in [2.24, 2.45) is 0 Å². The predicted molar refractivity (Wildman–Crippen MR) is 124 cm³/mol. The molecule has 0 unspecified atom stereocenters.